The maximum atomic E-state index is 13.2. The number of carbonyl (C=O) groups is 1. The van der Waals surface area contributed by atoms with Crippen molar-refractivity contribution >= 4 is 22.4 Å². The van der Waals surface area contributed by atoms with Crippen LogP contribution in [0.4, 0.5) is 13.9 Å². The number of carbonyl (C=O) groups excluding carboxylic acids is 1. The molecule has 1 atom stereocenters. The molecule has 6 heteroatoms. The fraction of sp³-hybridized carbons (Fsp3) is 0.333. The van der Waals surface area contributed by atoms with Gasteiger partial charge in [-0.1, -0.05) is 20.3 Å². The van der Waals surface area contributed by atoms with Gasteiger partial charge in [-0.15, -0.1) is 11.3 Å². The number of halogens is 2. The highest BCUT2D eigenvalue weighted by molar-refractivity contribution is 7.14. The standard InChI is InChI=1S/C15H16F2N2OS/c1-3-4-9(2)14(20)19-15-18-13(8-21-15)10-5-6-11(16)12(17)7-10/h5-9H,3-4H2,1-2H3,(H,18,19,20)/t9-/m0/s1. The smallest absolute Gasteiger partial charge is 0.228 e. The number of amides is 1. The molecule has 0 spiro atoms. The molecule has 1 aromatic carbocycles. The van der Waals surface area contributed by atoms with Crippen molar-refractivity contribution in [3.05, 3.63) is 35.2 Å². The van der Waals surface area contributed by atoms with Crippen LogP contribution < -0.4 is 5.32 Å². The topological polar surface area (TPSA) is 42.0 Å². The highest BCUT2D eigenvalue weighted by Crippen LogP contribution is 2.26. The molecule has 21 heavy (non-hydrogen) atoms. The van der Waals surface area contributed by atoms with Crippen LogP contribution in [0, 0.1) is 17.6 Å². The number of anilines is 1. The quantitative estimate of drug-likeness (QED) is 0.885. The van der Waals surface area contributed by atoms with E-state index >= 15 is 0 Å². The monoisotopic (exact) mass is 310 g/mol. The molecule has 0 unspecified atom stereocenters. The number of nitrogens with zero attached hydrogens (tertiary/aromatic N) is 1. The van der Waals surface area contributed by atoms with Crippen molar-refractivity contribution in [2.75, 3.05) is 5.32 Å². The first kappa shape index (κ1) is 15.6. The highest BCUT2D eigenvalue weighted by Gasteiger charge is 2.14. The highest BCUT2D eigenvalue weighted by atomic mass is 32.1. The SMILES string of the molecule is CCC[C@H](C)C(=O)Nc1nc(-c2ccc(F)c(F)c2)cs1. The van der Waals surface area contributed by atoms with Crippen LogP contribution in [0.1, 0.15) is 26.7 Å². The molecular formula is C15H16F2N2OS. The third kappa shape index (κ3) is 3.85. The molecule has 0 aliphatic carbocycles. The lowest BCUT2D eigenvalue weighted by Crippen LogP contribution is -2.20. The lowest BCUT2D eigenvalue weighted by atomic mass is 10.1. The van der Waals surface area contributed by atoms with Gasteiger partial charge in [-0.05, 0) is 24.6 Å². The zero-order valence-electron chi connectivity index (χ0n) is 11.8. The summed E-state index contributed by atoms with van der Waals surface area (Å²) in [5.41, 5.74) is 0.990. The van der Waals surface area contributed by atoms with Crippen molar-refractivity contribution < 1.29 is 13.6 Å². The van der Waals surface area contributed by atoms with Crippen molar-refractivity contribution in [2.45, 2.75) is 26.7 Å². The molecule has 112 valence electrons. The fourth-order valence-electron chi connectivity index (χ4n) is 1.91. The van der Waals surface area contributed by atoms with Crippen LogP contribution in [-0.2, 0) is 4.79 Å². The summed E-state index contributed by atoms with van der Waals surface area (Å²) < 4.78 is 26.1. The van der Waals surface area contributed by atoms with Crippen molar-refractivity contribution in [1.29, 1.82) is 0 Å². The van der Waals surface area contributed by atoms with E-state index in [4.69, 9.17) is 0 Å². The molecule has 1 amide bonds. The molecular weight excluding hydrogens is 294 g/mol. The summed E-state index contributed by atoms with van der Waals surface area (Å²) in [6.07, 6.45) is 1.75. The molecule has 1 heterocycles. The third-order valence-electron chi connectivity index (χ3n) is 3.12. The molecule has 1 aromatic heterocycles. The van der Waals surface area contributed by atoms with E-state index in [0.717, 1.165) is 25.0 Å². The van der Waals surface area contributed by atoms with Crippen molar-refractivity contribution in [2.24, 2.45) is 5.92 Å². The van der Waals surface area contributed by atoms with Crippen molar-refractivity contribution in [3.63, 3.8) is 0 Å². The van der Waals surface area contributed by atoms with Crippen LogP contribution in [0.5, 0.6) is 0 Å². The van der Waals surface area contributed by atoms with Gasteiger partial charge in [0.1, 0.15) is 0 Å². The summed E-state index contributed by atoms with van der Waals surface area (Å²) in [6, 6.07) is 3.61. The van der Waals surface area contributed by atoms with E-state index in [2.05, 4.69) is 10.3 Å². The Labute approximate surface area is 126 Å². The maximum Gasteiger partial charge on any atom is 0.228 e. The van der Waals surface area contributed by atoms with Gasteiger partial charge < -0.3 is 5.32 Å². The van der Waals surface area contributed by atoms with Crippen LogP contribution in [-0.4, -0.2) is 10.9 Å². The normalized spacial score (nSPS) is 12.2. The molecule has 3 nitrogen and oxygen atoms in total. The molecule has 2 rings (SSSR count). The number of nitrogens with one attached hydrogen (secondary N) is 1. The average molecular weight is 310 g/mol. The van der Waals surface area contributed by atoms with Gasteiger partial charge in [-0.25, -0.2) is 13.8 Å². The summed E-state index contributed by atoms with van der Waals surface area (Å²) in [5, 5.41) is 4.91. The predicted molar refractivity (Wildman–Crippen MR) is 80.2 cm³/mol. The average Bonchev–Trinajstić information content (AvgIpc) is 2.90. The van der Waals surface area contributed by atoms with Gasteiger partial charge in [0.2, 0.25) is 5.91 Å². The number of hydrogen-bond donors (Lipinski definition) is 1. The van der Waals surface area contributed by atoms with Gasteiger partial charge in [-0.2, -0.15) is 0 Å². The largest absolute Gasteiger partial charge is 0.302 e. The summed E-state index contributed by atoms with van der Waals surface area (Å²) in [4.78, 5) is 16.1. The first-order chi connectivity index (χ1) is 10.0. The minimum Gasteiger partial charge on any atom is -0.302 e. The second kappa shape index (κ2) is 6.76. The van der Waals surface area contributed by atoms with Gasteiger partial charge in [0.25, 0.3) is 0 Å². The lowest BCUT2D eigenvalue weighted by molar-refractivity contribution is -0.119. The summed E-state index contributed by atoms with van der Waals surface area (Å²) in [7, 11) is 0. The van der Waals surface area contributed by atoms with E-state index in [9.17, 15) is 13.6 Å². The van der Waals surface area contributed by atoms with Crippen molar-refractivity contribution in [3.8, 4) is 11.3 Å². The molecule has 0 bridgehead atoms. The Morgan fingerprint density at radius 3 is 2.81 bits per heavy atom. The number of benzene rings is 1. The lowest BCUT2D eigenvalue weighted by Gasteiger charge is -2.08. The molecule has 0 fully saturated rings. The van der Waals surface area contributed by atoms with E-state index in [1.165, 1.54) is 17.4 Å². The number of aromatic nitrogens is 1. The van der Waals surface area contributed by atoms with Gasteiger partial charge in [0, 0.05) is 16.9 Å². The Kier molecular flexibility index (Phi) is 5.01. The summed E-state index contributed by atoms with van der Waals surface area (Å²) in [6.45, 7) is 3.89. The van der Waals surface area contributed by atoms with E-state index in [1.807, 2.05) is 13.8 Å². The molecule has 0 radical (unpaired) electrons. The van der Waals surface area contributed by atoms with Gasteiger partial charge in [-0.3, -0.25) is 4.79 Å². The van der Waals surface area contributed by atoms with Crippen LogP contribution in [0.3, 0.4) is 0 Å². The van der Waals surface area contributed by atoms with Gasteiger partial charge in [0.15, 0.2) is 16.8 Å². The Balaban J connectivity index is 2.11. The molecule has 0 saturated heterocycles. The Bertz CT molecular complexity index is 642. The zero-order chi connectivity index (χ0) is 15.4. The Morgan fingerprint density at radius 1 is 1.38 bits per heavy atom. The van der Waals surface area contributed by atoms with Crippen LogP contribution in [0.2, 0.25) is 0 Å². The number of rotatable bonds is 5. The minimum atomic E-state index is -0.914. The van der Waals surface area contributed by atoms with Gasteiger partial charge in [0.05, 0.1) is 5.69 Å². The molecule has 1 N–H and O–H groups in total. The fourth-order valence-corrected chi connectivity index (χ4v) is 2.63. The number of hydrogen-bond acceptors (Lipinski definition) is 3. The Morgan fingerprint density at radius 2 is 2.14 bits per heavy atom. The number of thiazole rings is 1. The van der Waals surface area contributed by atoms with Crippen LogP contribution in [0.25, 0.3) is 11.3 Å². The van der Waals surface area contributed by atoms with E-state index in [0.29, 0.717) is 16.4 Å². The molecule has 2 aromatic rings. The first-order valence-corrected chi connectivity index (χ1v) is 7.61. The molecule has 0 saturated carbocycles. The van der Waals surface area contributed by atoms with E-state index in [-0.39, 0.29) is 11.8 Å². The molecule has 0 aliphatic rings. The summed E-state index contributed by atoms with van der Waals surface area (Å²) in [5.74, 6) is -1.97. The summed E-state index contributed by atoms with van der Waals surface area (Å²) >= 11 is 1.26. The van der Waals surface area contributed by atoms with Crippen LogP contribution >= 0.6 is 11.3 Å². The van der Waals surface area contributed by atoms with Gasteiger partial charge >= 0.3 is 0 Å². The molecule has 0 aliphatic heterocycles. The Hall–Kier alpha value is -1.82. The van der Waals surface area contributed by atoms with E-state index < -0.39 is 11.6 Å². The third-order valence-corrected chi connectivity index (χ3v) is 3.88. The van der Waals surface area contributed by atoms with Crippen LogP contribution in [0.15, 0.2) is 23.6 Å². The predicted octanol–water partition coefficient (Wildman–Crippen LogP) is 4.46. The van der Waals surface area contributed by atoms with Crippen molar-refractivity contribution in [1.82, 2.24) is 4.98 Å². The van der Waals surface area contributed by atoms with E-state index in [1.54, 1.807) is 5.38 Å². The maximum absolute atomic E-state index is 13.2. The minimum absolute atomic E-state index is 0.0781. The first-order valence-electron chi connectivity index (χ1n) is 6.73. The zero-order valence-corrected chi connectivity index (χ0v) is 12.6. The second-order valence-corrected chi connectivity index (χ2v) is 5.70. The second-order valence-electron chi connectivity index (χ2n) is 4.85.